The first-order valence-electron chi connectivity index (χ1n) is 5.94. The Morgan fingerprint density at radius 1 is 1.44 bits per heavy atom. The second-order valence-electron chi connectivity index (χ2n) is 4.25. The highest BCUT2D eigenvalue weighted by Crippen LogP contribution is 2.20. The van der Waals surface area contributed by atoms with Gasteiger partial charge in [-0.1, -0.05) is 20.3 Å². The van der Waals surface area contributed by atoms with Gasteiger partial charge in [-0.3, -0.25) is 4.79 Å². The number of anilines is 1. The zero-order valence-corrected chi connectivity index (χ0v) is 10.6. The van der Waals surface area contributed by atoms with Crippen LogP contribution in [0.1, 0.15) is 44.7 Å². The van der Waals surface area contributed by atoms with Crippen LogP contribution >= 0.6 is 0 Å². The molecule has 1 heterocycles. The molecular weight excluding hydrogens is 202 g/mol. The zero-order chi connectivity index (χ0) is 12.1. The van der Waals surface area contributed by atoms with Crippen molar-refractivity contribution in [2.24, 2.45) is 5.92 Å². The van der Waals surface area contributed by atoms with Crippen LogP contribution in [0, 0.1) is 5.92 Å². The third-order valence-electron chi connectivity index (χ3n) is 2.86. The molecule has 16 heavy (non-hydrogen) atoms. The number of Topliss-reactive ketones (excluding diaryl/α,β-unsaturated/α-hetero) is 1. The Morgan fingerprint density at radius 2 is 2.12 bits per heavy atom. The average molecular weight is 223 g/mol. The maximum Gasteiger partial charge on any atom is 0.196 e. The molecule has 1 rings (SSSR count). The van der Waals surface area contributed by atoms with Gasteiger partial charge in [0.1, 0.15) is 0 Å². The van der Waals surface area contributed by atoms with Crippen molar-refractivity contribution in [3.8, 4) is 0 Å². The summed E-state index contributed by atoms with van der Waals surface area (Å²) in [6, 6.07) is 3.62. The molecule has 1 aromatic heterocycles. The van der Waals surface area contributed by atoms with Gasteiger partial charge in [-0.15, -0.1) is 0 Å². The lowest BCUT2D eigenvalue weighted by molar-refractivity contribution is 0.0987. The van der Waals surface area contributed by atoms with Crippen LogP contribution < -0.4 is 4.90 Å². The maximum absolute atomic E-state index is 11.1. The van der Waals surface area contributed by atoms with Crippen molar-refractivity contribution in [3.05, 3.63) is 17.9 Å². The van der Waals surface area contributed by atoms with E-state index in [-0.39, 0.29) is 5.78 Å². The molecule has 0 N–H and O–H groups in total. The summed E-state index contributed by atoms with van der Waals surface area (Å²) in [6.45, 7) is 9.89. The molecule has 0 spiro atoms. The fraction of sp³-hybridized carbons (Fsp3) is 0.615. The average Bonchev–Trinajstić information content (AvgIpc) is 2.74. The normalized spacial score (nSPS) is 12.5. The van der Waals surface area contributed by atoms with Crippen LogP contribution in [0.2, 0.25) is 0 Å². The maximum atomic E-state index is 11.1. The highest BCUT2D eigenvalue weighted by atomic mass is 16.4. The van der Waals surface area contributed by atoms with Gasteiger partial charge < -0.3 is 9.32 Å². The van der Waals surface area contributed by atoms with Gasteiger partial charge in [0, 0.05) is 26.1 Å². The first-order valence-corrected chi connectivity index (χ1v) is 5.94. The molecule has 3 heteroatoms. The molecule has 0 bridgehead atoms. The highest BCUT2D eigenvalue weighted by Gasteiger charge is 2.13. The Labute approximate surface area is 97.4 Å². The second kappa shape index (κ2) is 5.73. The Kier molecular flexibility index (Phi) is 4.59. The smallest absolute Gasteiger partial charge is 0.196 e. The van der Waals surface area contributed by atoms with Crippen molar-refractivity contribution in [1.82, 2.24) is 0 Å². The van der Waals surface area contributed by atoms with Gasteiger partial charge in [0.2, 0.25) is 0 Å². The first-order chi connectivity index (χ1) is 7.58. The van der Waals surface area contributed by atoms with E-state index >= 15 is 0 Å². The fourth-order valence-electron chi connectivity index (χ4n) is 1.57. The van der Waals surface area contributed by atoms with E-state index in [4.69, 9.17) is 4.42 Å². The van der Waals surface area contributed by atoms with E-state index in [9.17, 15) is 4.79 Å². The van der Waals surface area contributed by atoms with Crippen LogP contribution in [0.25, 0.3) is 0 Å². The van der Waals surface area contributed by atoms with Crippen molar-refractivity contribution in [3.63, 3.8) is 0 Å². The third kappa shape index (κ3) is 3.12. The lowest BCUT2D eigenvalue weighted by Gasteiger charge is -2.23. The number of nitrogens with zero attached hydrogens (tertiary/aromatic N) is 1. The molecular formula is C13H21NO2. The fourth-order valence-corrected chi connectivity index (χ4v) is 1.57. The number of furan rings is 1. The van der Waals surface area contributed by atoms with E-state index in [2.05, 4.69) is 25.7 Å². The number of carbonyl (C=O) groups excluding carboxylic acids is 1. The molecule has 0 saturated carbocycles. The lowest BCUT2D eigenvalue weighted by Crippen LogP contribution is -2.27. The van der Waals surface area contributed by atoms with Gasteiger partial charge in [0.25, 0.3) is 0 Å². The molecule has 0 aliphatic heterocycles. The summed E-state index contributed by atoms with van der Waals surface area (Å²) in [5.41, 5.74) is 0. The standard InChI is InChI=1S/C13H21NO2/c1-5-10(3)9-14(6-2)13-8-7-12(16-13)11(4)15/h7-8,10H,5-6,9H2,1-4H3. The Balaban J connectivity index is 2.74. The van der Waals surface area contributed by atoms with Crippen LogP contribution in [0.15, 0.2) is 16.5 Å². The Bertz CT molecular complexity index is 343. The molecule has 0 amide bonds. The van der Waals surface area contributed by atoms with Crippen molar-refractivity contribution < 1.29 is 9.21 Å². The van der Waals surface area contributed by atoms with Crippen molar-refractivity contribution >= 4 is 11.7 Å². The summed E-state index contributed by atoms with van der Waals surface area (Å²) in [5.74, 6) is 1.85. The molecule has 0 radical (unpaired) electrons. The molecule has 0 aliphatic carbocycles. The van der Waals surface area contributed by atoms with E-state index in [0.717, 1.165) is 25.4 Å². The summed E-state index contributed by atoms with van der Waals surface area (Å²) in [7, 11) is 0. The van der Waals surface area contributed by atoms with Crippen LogP contribution in [0.3, 0.4) is 0 Å². The van der Waals surface area contributed by atoms with Crippen molar-refractivity contribution in [2.45, 2.75) is 34.1 Å². The van der Waals surface area contributed by atoms with Gasteiger partial charge in [-0.25, -0.2) is 0 Å². The summed E-state index contributed by atoms with van der Waals surface area (Å²) in [5, 5.41) is 0. The van der Waals surface area contributed by atoms with E-state index < -0.39 is 0 Å². The van der Waals surface area contributed by atoms with E-state index in [1.165, 1.54) is 6.92 Å². The van der Waals surface area contributed by atoms with Crippen molar-refractivity contribution in [2.75, 3.05) is 18.0 Å². The van der Waals surface area contributed by atoms with Crippen LogP contribution in [-0.4, -0.2) is 18.9 Å². The summed E-state index contributed by atoms with van der Waals surface area (Å²) >= 11 is 0. The van der Waals surface area contributed by atoms with Gasteiger partial charge >= 0.3 is 0 Å². The van der Waals surface area contributed by atoms with E-state index in [1.807, 2.05) is 6.07 Å². The predicted molar refractivity (Wildman–Crippen MR) is 66.1 cm³/mol. The number of hydrogen-bond acceptors (Lipinski definition) is 3. The summed E-state index contributed by atoms with van der Waals surface area (Å²) in [6.07, 6.45) is 1.15. The molecule has 0 aliphatic rings. The van der Waals surface area contributed by atoms with Gasteiger partial charge in [0.05, 0.1) is 0 Å². The van der Waals surface area contributed by atoms with Crippen LogP contribution in [0.5, 0.6) is 0 Å². The van der Waals surface area contributed by atoms with Crippen LogP contribution in [0.4, 0.5) is 5.88 Å². The second-order valence-corrected chi connectivity index (χ2v) is 4.25. The molecule has 1 unspecified atom stereocenters. The minimum absolute atomic E-state index is 0.0224. The molecule has 90 valence electrons. The Morgan fingerprint density at radius 3 is 2.56 bits per heavy atom. The lowest BCUT2D eigenvalue weighted by atomic mass is 10.1. The minimum Gasteiger partial charge on any atom is -0.437 e. The third-order valence-corrected chi connectivity index (χ3v) is 2.86. The minimum atomic E-state index is -0.0224. The number of rotatable bonds is 6. The zero-order valence-electron chi connectivity index (χ0n) is 10.6. The van der Waals surface area contributed by atoms with Gasteiger partial charge in [0.15, 0.2) is 17.4 Å². The largest absolute Gasteiger partial charge is 0.437 e. The number of carbonyl (C=O) groups is 1. The molecule has 0 fully saturated rings. The summed E-state index contributed by atoms with van der Waals surface area (Å²) < 4.78 is 5.52. The van der Waals surface area contributed by atoms with Gasteiger partial charge in [-0.2, -0.15) is 0 Å². The van der Waals surface area contributed by atoms with Gasteiger partial charge in [-0.05, 0) is 18.9 Å². The molecule has 1 aromatic rings. The summed E-state index contributed by atoms with van der Waals surface area (Å²) in [4.78, 5) is 13.3. The number of hydrogen-bond donors (Lipinski definition) is 0. The van der Waals surface area contributed by atoms with Crippen molar-refractivity contribution in [1.29, 1.82) is 0 Å². The SMILES string of the molecule is CCC(C)CN(CC)c1ccc(C(C)=O)o1. The quantitative estimate of drug-likeness (QED) is 0.693. The first kappa shape index (κ1) is 12.8. The van der Waals surface area contributed by atoms with E-state index in [0.29, 0.717) is 11.7 Å². The highest BCUT2D eigenvalue weighted by molar-refractivity contribution is 5.91. The topological polar surface area (TPSA) is 33.5 Å². The van der Waals surface area contributed by atoms with Crippen LogP contribution in [-0.2, 0) is 0 Å². The molecule has 0 saturated heterocycles. The monoisotopic (exact) mass is 223 g/mol. The molecule has 3 nitrogen and oxygen atoms in total. The molecule has 0 aromatic carbocycles. The molecule has 1 atom stereocenters. The Hall–Kier alpha value is -1.25. The predicted octanol–water partition coefficient (Wildman–Crippen LogP) is 3.35. The number of ketones is 1. The van der Waals surface area contributed by atoms with E-state index in [1.54, 1.807) is 6.07 Å².